The number of rotatable bonds is 5. The number of hydrogen-bond donors (Lipinski definition) is 1. The molecule has 1 unspecified atom stereocenters. The highest BCUT2D eigenvalue weighted by Crippen LogP contribution is 2.15. The molecule has 98 valence electrons. The molecule has 1 N–H and O–H groups in total. The van der Waals surface area contributed by atoms with Crippen LogP contribution in [-0.2, 0) is 9.53 Å². The van der Waals surface area contributed by atoms with Gasteiger partial charge < -0.3 is 14.7 Å². The van der Waals surface area contributed by atoms with Crippen molar-refractivity contribution in [3.63, 3.8) is 0 Å². The number of hydrogen-bond acceptors (Lipinski definition) is 4. The molecule has 0 aliphatic heterocycles. The Labute approximate surface area is 106 Å². The summed E-state index contributed by atoms with van der Waals surface area (Å²) in [5, 5.41) is 8.84. The standard InChI is InChI=1S/C13H17NO4/c1-9(12(15)16)8-14(2)11-6-4-10(5-7-11)13(17)18-3/h4-7,9H,8H2,1-3H3,(H,15,16). The third-order valence-corrected chi connectivity index (χ3v) is 2.70. The van der Waals surface area contributed by atoms with Gasteiger partial charge in [-0.3, -0.25) is 4.79 Å². The van der Waals surface area contributed by atoms with Gasteiger partial charge in [0.15, 0.2) is 0 Å². The molecule has 0 fully saturated rings. The van der Waals surface area contributed by atoms with E-state index in [1.165, 1.54) is 7.11 Å². The Morgan fingerprint density at radius 3 is 2.33 bits per heavy atom. The molecular weight excluding hydrogens is 234 g/mol. The molecule has 5 nitrogen and oxygen atoms in total. The van der Waals surface area contributed by atoms with Gasteiger partial charge in [0.1, 0.15) is 0 Å². The van der Waals surface area contributed by atoms with Gasteiger partial charge in [-0.05, 0) is 24.3 Å². The van der Waals surface area contributed by atoms with E-state index in [1.807, 2.05) is 11.9 Å². The molecule has 0 aliphatic carbocycles. The molecule has 0 radical (unpaired) electrons. The number of carboxylic acids is 1. The zero-order valence-corrected chi connectivity index (χ0v) is 10.7. The summed E-state index contributed by atoms with van der Waals surface area (Å²) in [5.74, 6) is -1.66. The van der Waals surface area contributed by atoms with E-state index in [4.69, 9.17) is 5.11 Å². The zero-order valence-electron chi connectivity index (χ0n) is 10.7. The van der Waals surface area contributed by atoms with Crippen molar-refractivity contribution in [3.05, 3.63) is 29.8 Å². The molecule has 18 heavy (non-hydrogen) atoms. The van der Waals surface area contributed by atoms with E-state index in [9.17, 15) is 9.59 Å². The summed E-state index contributed by atoms with van der Waals surface area (Å²) in [6.45, 7) is 2.06. The smallest absolute Gasteiger partial charge is 0.337 e. The first-order valence-corrected chi connectivity index (χ1v) is 5.58. The Bertz CT molecular complexity index is 427. The molecule has 0 aliphatic rings. The van der Waals surface area contributed by atoms with Crippen LogP contribution in [0.1, 0.15) is 17.3 Å². The maximum Gasteiger partial charge on any atom is 0.337 e. The topological polar surface area (TPSA) is 66.8 Å². The first-order valence-electron chi connectivity index (χ1n) is 5.58. The summed E-state index contributed by atoms with van der Waals surface area (Å²) >= 11 is 0. The maximum absolute atomic E-state index is 11.2. The molecule has 1 aromatic carbocycles. The summed E-state index contributed by atoms with van der Waals surface area (Å²) in [6.07, 6.45) is 0. The van der Waals surface area contributed by atoms with Crippen molar-refractivity contribution >= 4 is 17.6 Å². The van der Waals surface area contributed by atoms with Gasteiger partial charge in [0.05, 0.1) is 18.6 Å². The minimum Gasteiger partial charge on any atom is -0.481 e. The van der Waals surface area contributed by atoms with Crippen LogP contribution in [-0.4, -0.2) is 37.7 Å². The number of aliphatic carboxylic acids is 1. The van der Waals surface area contributed by atoms with Crippen LogP contribution in [0.3, 0.4) is 0 Å². The van der Waals surface area contributed by atoms with Crippen LogP contribution in [0.25, 0.3) is 0 Å². The Morgan fingerprint density at radius 2 is 1.89 bits per heavy atom. The van der Waals surface area contributed by atoms with Gasteiger partial charge in [-0.1, -0.05) is 6.92 Å². The van der Waals surface area contributed by atoms with Gasteiger partial charge in [-0.15, -0.1) is 0 Å². The largest absolute Gasteiger partial charge is 0.481 e. The van der Waals surface area contributed by atoms with E-state index in [0.717, 1.165) is 5.69 Å². The number of carbonyl (C=O) groups excluding carboxylic acids is 1. The second-order valence-corrected chi connectivity index (χ2v) is 4.16. The van der Waals surface area contributed by atoms with Gasteiger partial charge >= 0.3 is 11.9 Å². The third-order valence-electron chi connectivity index (χ3n) is 2.70. The fourth-order valence-electron chi connectivity index (χ4n) is 1.56. The van der Waals surface area contributed by atoms with Gasteiger partial charge in [0.2, 0.25) is 0 Å². The fourth-order valence-corrected chi connectivity index (χ4v) is 1.56. The molecule has 5 heteroatoms. The molecule has 0 heterocycles. The van der Waals surface area contributed by atoms with Crippen molar-refractivity contribution in [1.29, 1.82) is 0 Å². The summed E-state index contributed by atoms with van der Waals surface area (Å²) in [6, 6.07) is 6.84. The van der Waals surface area contributed by atoms with Crippen molar-refractivity contribution in [2.24, 2.45) is 5.92 Å². The van der Waals surface area contributed by atoms with Gasteiger partial charge in [0, 0.05) is 19.3 Å². The van der Waals surface area contributed by atoms with E-state index < -0.39 is 11.9 Å². The molecule has 0 spiro atoms. The molecular formula is C13H17NO4. The number of benzene rings is 1. The van der Waals surface area contributed by atoms with Crippen LogP contribution >= 0.6 is 0 Å². The predicted molar refractivity (Wildman–Crippen MR) is 67.9 cm³/mol. The maximum atomic E-state index is 11.2. The van der Waals surface area contributed by atoms with Crippen LogP contribution in [0.2, 0.25) is 0 Å². The Morgan fingerprint density at radius 1 is 1.33 bits per heavy atom. The van der Waals surface area contributed by atoms with Crippen LogP contribution < -0.4 is 4.90 Å². The lowest BCUT2D eigenvalue weighted by Gasteiger charge is -2.21. The third kappa shape index (κ3) is 3.48. The summed E-state index contributed by atoms with van der Waals surface area (Å²) in [4.78, 5) is 23.8. The SMILES string of the molecule is COC(=O)c1ccc(N(C)CC(C)C(=O)O)cc1. The lowest BCUT2D eigenvalue weighted by Crippen LogP contribution is -2.28. The van der Waals surface area contributed by atoms with Crippen LogP contribution in [0.4, 0.5) is 5.69 Å². The molecule has 0 aromatic heterocycles. The van der Waals surface area contributed by atoms with Gasteiger partial charge in [0.25, 0.3) is 0 Å². The number of anilines is 1. The number of esters is 1. The second-order valence-electron chi connectivity index (χ2n) is 4.16. The number of carboxylic acid groups (broad SMARTS) is 1. The highest BCUT2D eigenvalue weighted by Gasteiger charge is 2.14. The lowest BCUT2D eigenvalue weighted by molar-refractivity contribution is -0.140. The first-order chi connectivity index (χ1) is 8.45. The van der Waals surface area contributed by atoms with E-state index >= 15 is 0 Å². The van der Waals surface area contributed by atoms with E-state index in [2.05, 4.69) is 4.74 Å². The van der Waals surface area contributed by atoms with Crippen molar-refractivity contribution in [2.75, 3.05) is 25.6 Å². The van der Waals surface area contributed by atoms with E-state index in [-0.39, 0.29) is 5.97 Å². The van der Waals surface area contributed by atoms with Crippen molar-refractivity contribution < 1.29 is 19.4 Å². The Balaban J connectivity index is 2.73. The number of nitrogens with zero attached hydrogens (tertiary/aromatic N) is 1. The Hall–Kier alpha value is -2.04. The molecule has 0 amide bonds. The quantitative estimate of drug-likeness (QED) is 0.806. The molecule has 0 bridgehead atoms. The molecule has 1 aromatic rings. The molecule has 0 saturated heterocycles. The second kappa shape index (κ2) is 6.05. The number of methoxy groups -OCH3 is 1. The minimum atomic E-state index is -0.826. The van der Waals surface area contributed by atoms with Crippen LogP contribution in [0.5, 0.6) is 0 Å². The zero-order chi connectivity index (χ0) is 13.7. The first kappa shape index (κ1) is 14.0. The summed E-state index contributed by atoms with van der Waals surface area (Å²) < 4.78 is 4.60. The predicted octanol–water partition coefficient (Wildman–Crippen LogP) is 1.63. The van der Waals surface area contributed by atoms with E-state index in [1.54, 1.807) is 31.2 Å². The number of ether oxygens (including phenoxy) is 1. The molecule has 0 saturated carbocycles. The highest BCUT2D eigenvalue weighted by molar-refractivity contribution is 5.89. The van der Waals surface area contributed by atoms with Gasteiger partial charge in [-0.2, -0.15) is 0 Å². The van der Waals surface area contributed by atoms with Crippen LogP contribution in [0.15, 0.2) is 24.3 Å². The molecule has 1 atom stereocenters. The van der Waals surface area contributed by atoms with Crippen molar-refractivity contribution in [3.8, 4) is 0 Å². The van der Waals surface area contributed by atoms with Crippen LogP contribution in [0, 0.1) is 5.92 Å². The van der Waals surface area contributed by atoms with Gasteiger partial charge in [-0.25, -0.2) is 4.79 Å². The highest BCUT2D eigenvalue weighted by atomic mass is 16.5. The summed E-state index contributed by atoms with van der Waals surface area (Å²) in [7, 11) is 3.14. The normalized spacial score (nSPS) is 11.7. The van der Waals surface area contributed by atoms with E-state index in [0.29, 0.717) is 12.1 Å². The lowest BCUT2D eigenvalue weighted by atomic mass is 10.1. The Kier molecular flexibility index (Phi) is 4.71. The average molecular weight is 251 g/mol. The number of carbonyl (C=O) groups is 2. The fraction of sp³-hybridized carbons (Fsp3) is 0.385. The van der Waals surface area contributed by atoms with Crippen molar-refractivity contribution in [2.45, 2.75) is 6.92 Å². The minimum absolute atomic E-state index is 0.386. The molecule has 1 rings (SSSR count). The monoisotopic (exact) mass is 251 g/mol. The van der Waals surface area contributed by atoms with Crippen molar-refractivity contribution in [1.82, 2.24) is 0 Å². The average Bonchev–Trinajstić information content (AvgIpc) is 2.37. The summed E-state index contributed by atoms with van der Waals surface area (Å²) in [5.41, 5.74) is 1.33.